The molecule has 0 bridgehead atoms. The standard InChI is InChI=1S/C20H33N5O4S/c1-5-22(6-2)19-8-7-18(13-21-19)20(26)23-9-11-24(12-10-23)30(27,28)25-14-16(3)29-17(4)15-25/h7-8,13,16-17H,5-6,9-12,14-15H2,1-4H3. The van der Waals surface area contributed by atoms with Crippen LogP contribution >= 0.6 is 0 Å². The van der Waals surface area contributed by atoms with Crippen molar-refractivity contribution >= 4 is 21.9 Å². The van der Waals surface area contributed by atoms with Crippen LogP contribution in [-0.4, -0.2) is 97.4 Å². The minimum atomic E-state index is -3.55. The number of carbonyl (C=O) groups is 1. The van der Waals surface area contributed by atoms with Gasteiger partial charge in [0.05, 0.1) is 17.8 Å². The Balaban J connectivity index is 1.60. The molecule has 1 aromatic rings. The van der Waals surface area contributed by atoms with Crippen molar-refractivity contribution in [3.63, 3.8) is 0 Å². The van der Waals surface area contributed by atoms with Crippen molar-refractivity contribution in [1.82, 2.24) is 18.5 Å². The second-order valence-corrected chi connectivity index (χ2v) is 9.78. The molecule has 0 saturated carbocycles. The fourth-order valence-electron chi connectivity index (χ4n) is 4.03. The molecule has 3 heterocycles. The smallest absolute Gasteiger partial charge is 0.282 e. The average molecular weight is 440 g/mol. The molecule has 1 amide bonds. The number of anilines is 1. The van der Waals surface area contributed by atoms with Crippen molar-refractivity contribution in [2.75, 3.05) is 57.3 Å². The largest absolute Gasteiger partial charge is 0.373 e. The molecule has 0 aliphatic carbocycles. The number of pyridine rings is 1. The van der Waals surface area contributed by atoms with Gasteiger partial charge in [0.25, 0.3) is 16.1 Å². The maximum Gasteiger partial charge on any atom is 0.282 e. The summed E-state index contributed by atoms with van der Waals surface area (Å²) in [6, 6.07) is 3.66. The van der Waals surface area contributed by atoms with Crippen LogP contribution in [0.2, 0.25) is 0 Å². The third kappa shape index (κ3) is 4.93. The molecule has 2 fully saturated rings. The topological polar surface area (TPSA) is 86.3 Å². The highest BCUT2D eigenvalue weighted by Crippen LogP contribution is 2.20. The molecule has 0 N–H and O–H groups in total. The summed E-state index contributed by atoms with van der Waals surface area (Å²) in [5, 5.41) is 0. The number of hydrogen-bond donors (Lipinski definition) is 0. The molecular formula is C20H33N5O4S. The van der Waals surface area contributed by atoms with Gasteiger partial charge in [0.15, 0.2) is 0 Å². The zero-order valence-electron chi connectivity index (χ0n) is 18.3. The van der Waals surface area contributed by atoms with E-state index in [0.29, 0.717) is 44.8 Å². The van der Waals surface area contributed by atoms with Crippen molar-refractivity contribution in [1.29, 1.82) is 0 Å². The van der Waals surface area contributed by atoms with E-state index in [4.69, 9.17) is 4.74 Å². The lowest BCUT2D eigenvalue weighted by Crippen LogP contribution is -2.57. The Morgan fingerprint density at radius 1 is 1.07 bits per heavy atom. The molecule has 168 valence electrons. The fraction of sp³-hybridized carbons (Fsp3) is 0.700. The monoisotopic (exact) mass is 439 g/mol. The summed E-state index contributed by atoms with van der Waals surface area (Å²) in [5.74, 6) is 0.737. The van der Waals surface area contributed by atoms with Gasteiger partial charge in [-0.25, -0.2) is 4.98 Å². The van der Waals surface area contributed by atoms with Gasteiger partial charge in [-0.15, -0.1) is 0 Å². The molecule has 2 saturated heterocycles. The molecule has 3 rings (SSSR count). The number of nitrogens with zero attached hydrogens (tertiary/aromatic N) is 5. The molecule has 2 aliphatic heterocycles. The highest BCUT2D eigenvalue weighted by atomic mass is 32.2. The van der Waals surface area contributed by atoms with Crippen molar-refractivity contribution in [2.24, 2.45) is 0 Å². The summed E-state index contributed by atoms with van der Waals surface area (Å²) in [6.07, 6.45) is 1.35. The minimum absolute atomic E-state index is 0.112. The Labute approximate surface area is 179 Å². The van der Waals surface area contributed by atoms with Gasteiger partial charge in [-0.1, -0.05) is 0 Å². The third-order valence-electron chi connectivity index (χ3n) is 5.65. The number of amides is 1. The van der Waals surface area contributed by atoms with Gasteiger partial charge in [-0.3, -0.25) is 4.79 Å². The quantitative estimate of drug-likeness (QED) is 0.658. The Hall–Kier alpha value is -1.75. The number of rotatable bonds is 6. The first kappa shape index (κ1) is 22.9. The van der Waals surface area contributed by atoms with E-state index in [2.05, 4.69) is 23.7 Å². The van der Waals surface area contributed by atoms with Gasteiger partial charge in [-0.2, -0.15) is 17.0 Å². The van der Waals surface area contributed by atoms with Crippen molar-refractivity contribution < 1.29 is 17.9 Å². The molecule has 0 radical (unpaired) electrons. The van der Waals surface area contributed by atoms with Gasteiger partial charge in [-0.05, 0) is 39.8 Å². The lowest BCUT2D eigenvalue weighted by Gasteiger charge is -2.40. The van der Waals surface area contributed by atoms with Crippen molar-refractivity contribution in [3.05, 3.63) is 23.9 Å². The summed E-state index contributed by atoms with van der Waals surface area (Å²) in [4.78, 5) is 21.1. The zero-order valence-corrected chi connectivity index (χ0v) is 19.1. The first-order chi connectivity index (χ1) is 14.3. The predicted molar refractivity (Wildman–Crippen MR) is 116 cm³/mol. The predicted octanol–water partition coefficient (Wildman–Crippen LogP) is 1.04. The first-order valence-corrected chi connectivity index (χ1v) is 12.1. The van der Waals surface area contributed by atoms with E-state index in [1.165, 1.54) is 8.61 Å². The summed E-state index contributed by atoms with van der Waals surface area (Å²) >= 11 is 0. The Bertz CT molecular complexity index is 810. The van der Waals surface area contributed by atoms with Crippen LogP contribution in [-0.2, 0) is 14.9 Å². The van der Waals surface area contributed by atoms with Crippen LogP contribution in [0.3, 0.4) is 0 Å². The van der Waals surface area contributed by atoms with Gasteiger partial charge in [0, 0.05) is 58.6 Å². The highest BCUT2D eigenvalue weighted by molar-refractivity contribution is 7.86. The van der Waals surface area contributed by atoms with E-state index in [1.807, 2.05) is 19.9 Å². The van der Waals surface area contributed by atoms with Gasteiger partial charge in [0.2, 0.25) is 0 Å². The van der Waals surface area contributed by atoms with Gasteiger partial charge >= 0.3 is 0 Å². The van der Waals surface area contributed by atoms with Crippen LogP contribution in [0, 0.1) is 0 Å². The SMILES string of the molecule is CCN(CC)c1ccc(C(=O)N2CCN(S(=O)(=O)N3CC(C)OC(C)C3)CC2)cn1. The van der Waals surface area contributed by atoms with Gasteiger partial charge in [0.1, 0.15) is 5.82 Å². The maximum absolute atomic E-state index is 13.0. The summed E-state index contributed by atoms with van der Waals surface area (Å²) < 4.78 is 34.7. The molecule has 0 spiro atoms. The molecule has 9 nitrogen and oxygen atoms in total. The summed E-state index contributed by atoms with van der Waals surface area (Å²) in [6.45, 7) is 11.6. The normalized spacial score (nSPS) is 24.1. The number of morpholine rings is 1. The van der Waals surface area contributed by atoms with Crippen molar-refractivity contribution in [3.8, 4) is 0 Å². The van der Waals surface area contributed by atoms with E-state index in [9.17, 15) is 13.2 Å². The second-order valence-electron chi connectivity index (χ2n) is 7.85. The molecule has 2 aliphatic rings. The average Bonchev–Trinajstić information content (AvgIpc) is 2.74. The fourth-order valence-corrected chi connectivity index (χ4v) is 5.78. The van der Waals surface area contributed by atoms with Crippen LogP contribution in [0.1, 0.15) is 38.1 Å². The number of hydrogen-bond acceptors (Lipinski definition) is 6. The van der Waals surface area contributed by atoms with E-state index in [1.54, 1.807) is 17.2 Å². The minimum Gasteiger partial charge on any atom is -0.373 e. The molecule has 10 heteroatoms. The lowest BCUT2D eigenvalue weighted by atomic mass is 10.2. The molecular weight excluding hydrogens is 406 g/mol. The molecule has 1 aromatic heterocycles. The van der Waals surface area contributed by atoms with E-state index in [0.717, 1.165) is 18.9 Å². The maximum atomic E-state index is 13.0. The van der Waals surface area contributed by atoms with E-state index in [-0.39, 0.29) is 18.1 Å². The number of carbonyl (C=O) groups excluding carboxylic acids is 1. The van der Waals surface area contributed by atoms with E-state index < -0.39 is 10.2 Å². The Morgan fingerprint density at radius 3 is 2.17 bits per heavy atom. The number of ether oxygens (including phenoxy) is 1. The van der Waals surface area contributed by atoms with E-state index >= 15 is 0 Å². The van der Waals surface area contributed by atoms with Crippen LogP contribution in [0.4, 0.5) is 5.82 Å². The van der Waals surface area contributed by atoms with Crippen LogP contribution < -0.4 is 4.90 Å². The number of piperazine rings is 1. The van der Waals surface area contributed by atoms with Crippen LogP contribution in [0.15, 0.2) is 18.3 Å². The molecule has 2 unspecified atom stereocenters. The summed E-state index contributed by atoms with van der Waals surface area (Å²) in [5.41, 5.74) is 0.526. The zero-order chi connectivity index (χ0) is 21.9. The lowest BCUT2D eigenvalue weighted by molar-refractivity contribution is -0.0457. The Kier molecular flexibility index (Phi) is 7.33. The molecule has 2 atom stereocenters. The molecule has 0 aromatic carbocycles. The van der Waals surface area contributed by atoms with Gasteiger partial charge < -0.3 is 14.5 Å². The van der Waals surface area contributed by atoms with Crippen molar-refractivity contribution in [2.45, 2.75) is 39.9 Å². The van der Waals surface area contributed by atoms with Crippen LogP contribution in [0.25, 0.3) is 0 Å². The first-order valence-electron chi connectivity index (χ1n) is 10.7. The highest BCUT2D eigenvalue weighted by Gasteiger charge is 2.37. The Morgan fingerprint density at radius 2 is 1.67 bits per heavy atom. The number of aromatic nitrogens is 1. The summed E-state index contributed by atoms with van der Waals surface area (Å²) in [7, 11) is -3.55. The van der Waals surface area contributed by atoms with Crippen LogP contribution in [0.5, 0.6) is 0 Å². The molecule has 30 heavy (non-hydrogen) atoms. The second kappa shape index (κ2) is 9.59. The third-order valence-corrected chi connectivity index (χ3v) is 7.62.